The topological polar surface area (TPSA) is 57.6 Å². The van der Waals surface area contributed by atoms with E-state index in [-0.39, 0.29) is 17.2 Å². The summed E-state index contributed by atoms with van der Waals surface area (Å²) in [6.45, 7) is 1.64. The number of hydrogen-bond acceptors (Lipinski definition) is 2. The number of amides is 1. The minimum Gasteiger partial charge on any atom is -0.481 e. The minimum absolute atomic E-state index is 0.0947. The number of carbonyl (C=O) groups excluding carboxylic acids is 1. The molecule has 0 radical (unpaired) electrons. The highest BCUT2D eigenvalue weighted by molar-refractivity contribution is 5.86. The van der Waals surface area contributed by atoms with Crippen LogP contribution in [0.5, 0.6) is 0 Å². The molecule has 20 heavy (non-hydrogen) atoms. The van der Waals surface area contributed by atoms with Gasteiger partial charge in [0.2, 0.25) is 5.91 Å². The smallest absolute Gasteiger partial charge is 0.307 e. The zero-order chi connectivity index (χ0) is 14.2. The predicted octanol–water partition coefficient (Wildman–Crippen LogP) is 2.45. The lowest BCUT2D eigenvalue weighted by atomic mass is 9.69. The number of allylic oxidation sites excluding steroid dienone is 2. The SMILES string of the molecule is O=C(O)C1CCC1C(=O)N1CCCC2(CC=CCC2)C1. The van der Waals surface area contributed by atoms with Gasteiger partial charge < -0.3 is 10.0 Å². The molecule has 3 unspecified atom stereocenters. The van der Waals surface area contributed by atoms with Gasteiger partial charge in [0.25, 0.3) is 0 Å². The van der Waals surface area contributed by atoms with Crippen LogP contribution >= 0.6 is 0 Å². The Kier molecular flexibility index (Phi) is 3.57. The normalized spacial score (nSPS) is 36.7. The maximum atomic E-state index is 12.6. The van der Waals surface area contributed by atoms with E-state index in [4.69, 9.17) is 5.11 Å². The highest BCUT2D eigenvalue weighted by Crippen LogP contribution is 2.43. The van der Waals surface area contributed by atoms with Crippen molar-refractivity contribution in [2.24, 2.45) is 17.3 Å². The first-order chi connectivity index (χ1) is 9.61. The first-order valence-electron chi connectivity index (χ1n) is 7.78. The van der Waals surface area contributed by atoms with E-state index in [9.17, 15) is 9.59 Å². The molecule has 0 aromatic heterocycles. The molecule has 3 atom stereocenters. The number of aliphatic carboxylic acids is 1. The van der Waals surface area contributed by atoms with Crippen LogP contribution < -0.4 is 0 Å². The van der Waals surface area contributed by atoms with Crippen LogP contribution in [0.2, 0.25) is 0 Å². The van der Waals surface area contributed by atoms with Crippen molar-refractivity contribution in [1.29, 1.82) is 0 Å². The third-order valence-corrected chi connectivity index (χ3v) is 5.44. The van der Waals surface area contributed by atoms with Gasteiger partial charge in [-0.15, -0.1) is 0 Å². The maximum absolute atomic E-state index is 12.6. The van der Waals surface area contributed by atoms with Crippen LogP contribution in [0.25, 0.3) is 0 Å². The van der Waals surface area contributed by atoms with Gasteiger partial charge in [-0.3, -0.25) is 9.59 Å². The molecule has 1 amide bonds. The summed E-state index contributed by atoms with van der Waals surface area (Å²) in [5, 5.41) is 9.11. The van der Waals surface area contributed by atoms with Crippen LogP contribution in [0.1, 0.15) is 44.9 Å². The maximum Gasteiger partial charge on any atom is 0.307 e. The molecule has 0 aromatic rings. The van der Waals surface area contributed by atoms with Crippen LogP contribution in [0, 0.1) is 17.3 Å². The van der Waals surface area contributed by atoms with Crippen molar-refractivity contribution in [1.82, 2.24) is 4.90 Å². The molecule has 2 aliphatic carbocycles. The van der Waals surface area contributed by atoms with Crippen molar-refractivity contribution in [2.75, 3.05) is 13.1 Å². The van der Waals surface area contributed by atoms with Crippen molar-refractivity contribution in [3.63, 3.8) is 0 Å². The predicted molar refractivity (Wildman–Crippen MR) is 75.1 cm³/mol. The Hall–Kier alpha value is -1.32. The van der Waals surface area contributed by atoms with Crippen molar-refractivity contribution in [3.05, 3.63) is 12.2 Å². The van der Waals surface area contributed by atoms with Crippen molar-refractivity contribution < 1.29 is 14.7 Å². The molecule has 4 heteroatoms. The molecule has 0 bridgehead atoms. The highest BCUT2D eigenvalue weighted by atomic mass is 16.4. The van der Waals surface area contributed by atoms with Gasteiger partial charge in [0.1, 0.15) is 0 Å². The zero-order valence-corrected chi connectivity index (χ0v) is 11.9. The molecule has 4 nitrogen and oxygen atoms in total. The Balaban J connectivity index is 1.66. The van der Waals surface area contributed by atoms with E-state index in [0.717, 1.165) is 38.8 Å². The van der Waals surface area contributed by atoms with E-state index >= 15 is 0 Å². The Morgan fingerprint density at radius 1 is 1.15 bits per heavy atom. The molecule has 3 rings (SSSR count). The van der Waals surface area contributed by atoms with E-state index in [2.05, 4.69) is 12.2 Å². The van der Waals surface area contributed by atoms with Gasteiger partial charge in [0, 0.05) is 13.1 Å². The average Bonchev–Trinajstić information content (AvgIpc) is 2.37. The molecule has 1 saturated heterocycles. The molecule has 110 valence electrons. The number of likely N-dealkylation sites (tertiary alicyclic amines) is 1. The molecule has 3 aliphatic rings. The first kappa shape index (κ1) is 13.7. The lowest BCUT2D eigenvalue weighted by Gasteiger charge is -2.46. The average molecular weight is 277 g/mol. The quantitative estimate of drug-likeness (QED) is 0.789. The van der Waals surface area contributed by atoms with E-state index in [0.29, 0.717) is 6.42 Å². The van der Waals surface area contributed by atoms with Gasteiger partial charge >= 0.3 is 5.97 Å². The van der Waals surface area contributed by atoms with E-state index in [1.54, 1.807) is 0 Å². The highest BCUT2D eigenvalue weighted by Gasteiger charge is 2.45. The third kappa shape index (κ3) is 2.36. The van der Waals surface area contributed by atoms with Gasteiger partial charge in [-0.25, -0.2) is 0 Å². The second-order valence-corrected chi connectivity index (χ2v) is 6.71. The van der Waals surface area contributed by atoms with Gasteiger partial charge in [-0.1, -0.05) is 12.2 Å². The van der Waals surface area contributed by atoms with Gasteiger partial charge in [0.05, 0.1) is 11.8 Å². The van der Waals surface area contributed by atoms with Gasteiger partial charge in [-0.2, -0.15) is 0 Å². The molecule has 1 aliphatic heterocycles. The molecule has 2 fully saturated rings. The van der Waals surface area contributed by atoms with Crippen LogP contribution in [-0.2, 0) is 9.59 Å². The summed E-state index contributed by atoms with van der Waals surface area (Å²) < 4.78 is 0. The summed E-state index contributed by atoms with van der Waals surface area (Å²) in [4.78, 5) is 25.6. The Morgan fingerprint density at radius 2 is 1.95 bits per heavy atom. The minimum atomic E-state index is -0.804. The summed E-state index contributed by atoms with van der Waals surface area (Å²) in [7, 11) is 0. The number of hydrogen-bond donors (Lipinski definition) is 1. The Labute approximate surface area is 119 Å². The van der Waals surface area contributed by atoms with E-state index < -0.39 is 11.9 Å². The molecule has 1 saturated carbocycles. The van der Waals surface area contributed by atoms with Gasteiger partial charge in [-0.05, 0) is 50.4 Å². The van der Waals surface area contributed by atoms with E-state index in [1.807, 2.05) is 4.90 Å². The second-order valence-electron chi connectivity index (χ2n) is 6.71. The van der Waals surface area contributed by atoms with Crippen molar-refractivity contribution >= 4 is 11.9 Å². The first-order valence-corrected chi connectivity index (χ1v) is 7.78. The Morgan fingerprint density at radius 3 is 2.55 bits per heavy atom. The third-order valence-electron chi connectivity index (χ3n) is 5.44. The van der Waals surface area contributed by atoms with Crippen molar-refractivity contribution in [3.8, 4) is 0 Å². The number of carbonyl (C=O) groups is 2. The lowest BCUT2D eigenvalue weighted by Crippen LogP contribution is -2.52. The summed E-state index contributed by atoms with van der Waals surface area (Å²) in [5.74, 6) is -1.41. The summed E-state index contributed by atoms with van der Waals surface area (Å²) in [6, 6.07) is 0. The number of carboxylic acids is 1. The molecular weight excluding hydrogens is 254 g/mol. The van der Waals surface area contributed by atoms with Crippen LogP contribution in [0.3, 0.4) is 0 Å². The van der Waals surface area contributed by atoms with E-state index in [1.165, 1.54) is 12.8 Å². The fourth-order valence-electron chi connectivity index (χ4n) is 4.04. The summed E-state index contributed by atoms with van der Waals surface area (Å²) >= 11 is 0. The number of rotatable bonds is 2. The number of carboxylic acid groups (broad SMARTS) is 1. The van der Waals surface area contributed by atoms with Crippen LogP contribution in [0.4, 0.5) is 0 Å². The fraction of sp³-hybridized carbons (Fsp3) is 0.750. The van der Waals surface area contributed by atoms with Crippen LogP contribution in [0.15, 0.2) is 12.2 Å². The Bertz CT molecular complexity index is 445. The van der Waals surface area contributed by atoms with Crippen LogP contribution in [-0.4, -0.2) is 35.0 Å². The zero-order valence-electron chi connectivity index (χ0n) is 11.9. The second kappa shape index (κ2) is 5.23. The lowest BCUT2D eigenvalue weighted by molar-refractivity contribution is -0.158. The fourth-order valence-corrected chi connectivity index (χ4v) is 4.04. The summed E-state index contributed by atoms with van der Waals surface area (Å²) in [5.41, 5.74) is 0.269. The van der Waals surface area contributed by atoms with Crippen molar-refractivity contribution in [2.45, 2.75) is 44.9 Å². The molecular formula is C16H23NO3. The monoisotopic (exact) mass is 277 g/mol. The standard InChI is InChI=1S/C16H23NO3/c18-14(12-5-6-13(12)15(19)20)17-10-4-9-16(11-17)7-2-1-3-8-16/h1-2,12-13H,3-11H2,(H,19,20). The largest absolute Gasteiger partial charge is 0.481 e. The molecule has 1 spiro atoms. The number of piperidine rings is 1. The molecule has 1 heterocycles. The molecule has 0 aromatic carbocycles. The molecule has 1 N–H and O–H groups in total. The number of nitrogens with zero attached hydrogens (tertiary/aromatic N) is 1. The summed E-state index contributed by atoms with van der Waals surface area (Å²) in [6.07, 6.45) is 11.5. The van der Waals surface area contributed by atoms with Gasteiger partial charge in [0.15, 0.2) is 0 Å².